The van der Waals surface area contributed by atoms with E-state index in [2.05, 4.69) is 16.4 Å². The molecule has 0 amide bonds. The predicted molar refractivity (Wildman–Crippen MR) is 112 cm³/mol. The maximum Gasteiger partial charge on any atom is 0.133 e. The average molecular weight is 385 g/mol. The van der Waals surface area contributed by atoms with Gasteiger partial charge in [0.2, 0.25) is 0 Å². The molecule has 2 heterocycles. The molecule has 2 N–H and O–H groups in total. The van der Waals surface area contributed by atoms with Gasteiger partial charge in [0.05, 0.1) is 16.8 Å². The van der Waals surface area contributed by atoms with E-state index in [9.17, 15) is 10.4 Å². The zero-order valence-electron chi connectivity index (χ0n) is 16.1. The number of nitrogens with one attached hydrogen (secondary N) is 1. The molecule has 2 aromatic carbocycles. The summed E-state index contributed by atoms with van der Waals surface area (Å²) in [5.41, 5.74) is 3.44. The Kier molecular flexibility index (Phi) is 5.73. The Labute approximate surface area is 170 Å². The third kappa shape index (κ3) is 4.08. The number of hydrogen-bond donors (Lipinski definition) is 2. The lowest BCUT2D eigenvalue weighted by atomic mass is 9.87. The molecular weight excluding hydrogens is 362 g/mol. The smallest absolute Gasteiger partial charge is 0.133 e. The van der Waals surface area contributed by atoms with E-state index in [1.807, 2.05) is 36.4 Å². The van der Waals surface area contributed by atoms with Gasteiger partial charge in [0.1, 0.15) is 24.2 Å². The summed E-state index contributed by atoms with van der Waals surface area (Å²) in [5.74, 6) is 0.829. The van der Waals surface area contributed by atoms with Crippen LogP contribution in [0.3, 0.4) is 0 Å². The minimum atomic E-state index is 0.0541. The average Bonchev–Trinajstić information content (AvgIpc) is 2.78. The molecule has 1 aromatic heterocycles. The molecule has 0 bridgehead atoms. The van der Waals surface area contributed by atoms with Crippen molar-refractivity contribution in [3.63, 3.8) is 0 Å². The molecule has 1 saturated heterocycles. The van der Waals surface area contributed by atoms with Crippen LogP contribution in [0.1, 0.15) is 35.4 Å². The van der Waals surface area contributed by atoms with E-state index in [1.54, 1.807) is 24.4 Å². The van der Waals surface area contributed by atoms with Crippen LogP contribution in [0.15, 0.2) is 60.8 Å². The molecule has 1 aliphatic rings. The number of phenolic OH excluding ortho intramolecular Hbond substituents is 1. The summed E-state index contributed by atoms with van der Waals surface area (Å²) < 4.78 is 6.02. The molecule has 1 aliphatic heterocycles. The molecule has 1 atom stereocenters. The molecule has 0 spiro atoms. The molecule has 5 heteroatoms. The molecular formula is C24H23N3O2. The summed E-state index contributed by atoms with van der Waals surface area (Å²) in [4.78, 5) is 4.47. The molecule has 0 aliphatic carbocycles. The summed E-state index contributed by atoms with van der Waals surface area (Å²) >= 11 is 0. The van der Waals surface area contributed by atoms with Crippen LogP contribution in [-0.2, 0) is 6.61 Å². The third-order valence-corrected chi connectivity index (χ3v) is 5.31. The number of ether oxygens (including phenoxy) is 1. The topological polar surface area (TPSA) is 78.2 Å². The van der Waals surface area contributed by atoms with Crippen molar-refractivity contribution in [2.24, 2.45) is 0 Å². The molecule has 1 unspecified atom stereocenters. The van der Waals surface area contributed by atoms with Crippen LogP contribution in [0.4, 0.5) is 0 Å². The summed E-state index contributed by atoms with van der Waals surface area (Å²) in [7, 11) is 0. The number of rotatable bonds is 5. The lowest BCUT2D eigenvalue weighted by molar-refractivity contribution is 0.306. The standard InChI is InChI=1S/C24H23N3O2/c25-14-20-19(18-8-5-12-26-15-18)11-13-27-24(20)23-21(28)9-4-10-22(23)29-16-17-6-2-1-3-7-17/h1-4,6-7,9-11,13,18,26,28H,5,8,12,15-16H2. The Balaban J connectivity index is 1.73. The van der Waals surface area contributed by atoms with Gasteiger partial charge in [-0.1, -0.05) is 36.4 Å². The summed E-state index contributed by atoms with van der Waals surface area (Å²) in [6.07, 6.45) is 3.83. The van der Waals surface area contributed by atoms with Crippen molar-refractivity contribution in [2.45, 2.75) is 25.4 Å². The molecule has 146 valence electrons. The van der Waals surface area contributed by atoms with E-state index in [0.29, 0.717) is 29.2 Å². The molecule has 0 radical (unpaired) electrons. The number of benzene rings is 2. The molecule has 0 saturated carbocycles. The normalized spacial score (nSPS) is 16.2. The van der Waals surface area contributed by atoms with E-state index < -0.39 is 0 Å². The van der Waals surface area contributed by atoms with E-state index in [0.717, 1.165) is 37.1 Å². The fourth-order valence-electron chi connectivity index (χ4n) is 3.85. The van der Waals surface area contributed by atoms with Crippen molar-refractivity contribution in [3.8, 4) is 28.8 Å². The first kappa shape index (κ1) is 19.0. The number of nitriles is 1. The maximum absolute atomic E-state index is 10.6. The highest BCUT2D eigenvalue weighted by Gasteiger charge is 2.24. The van der Waals surface area contributed by atoms with Gasteiger partial charge in [-0.3, -0.25) is 4.98 Å². The van der Waals surface area contributed by atoms with E-state index in [4.69, 9.17) is 4.74 Å². The second-order valence-corrected chi connectivity index (χ2v) is 7.20. The lowest BCUT2D eigenvalue weighted by Gasteiger charge is -2.24. The number of aromatic hydroxyl groups is 1. The second-order valence-electron chi connectivity index (χ2n) is 7.20. The Morgan fingerprint density at radius 3 is 2.76 bits per heavy atom. The van der Waals surface area contributed by atoms with Crippen LogP contribution in [0.5, 0.6) is 11.5 Å². The van der Waals surface area contributed by atoms with Crippen molar-refractivity contribution < 1.29 is 9.84 Å². The number of nitrogens with zero attached hydrogens (tertiary/aromatic N) is 2. The SMILES string of the molecule is N#Cc1c(C2CCCNC2)ccnc1-c1c(O)cccc1OCc1ccccc1. The zero-order chi connectivity index (χ0) is 20.1. The highest BCUT2D eigenvalue weighted by molar-refractivity contribution is 5.78. The van der Waals surface area contributed by atoms with Crippen molar-refractivity contribution >= 4 is 0 Å². The van der Waals surface area contributed by atoms with E-state index in [1.165, 1.54) is 0 Å². The minimum absolute atomic E-state index is 0.0541. The fourth-order valence-corrected chi connectivity index (χ4v) is 3.85. The monoisotopic (exact) mass is 385 g/mol. The van der Waals surface area contributed by atoms with Crippen LogP contribution >= 0.6 is 0 Å². The zero-order valence-corrected chi connectivity index (χ0v) is 16.1. The number of aromatic nitrogens is 1. The van der Waals surface area contributed by atoms with Gasteiger partial charge in [-0.05, 0) is 54.6 Å². The van der Waals surface area contributed by atoms with Gasteiger partial charge >= 0.3 is 0 Å². The summed E-state index contributed by atoms with van der Waals surface area (Å²) in [6.45, 7) is 2.22. The Hall–Kier alpha value is -3.36. The van der Waals surface area contributed by atoms with Gasteiger partial charge in [-0.15, -0.1) is 0 Å². The molecule has 1 fully saturated rings. The number of hydrogen-bond acceptors (Lipinski definition) is 5. The maximum atomic E-state index is 10.6. The molecule has 5 nitrogen and oxygen atoms in total. The Morgan fingerprint density at radius 2 is 2.00 bits per heavy atom. The molecule has 29 heavy (non-hydrogen) atoms. The van der Waals surface area contributed by atoms with Crippen LogP contribution < -0.4 is 10.1 Å². The number of phenols is 1. The third-order valence-electron chi connectivity index (χ3n) is 5.31. The summed E-state index contributed by atoms with van der Waals surface area (Å²) in [6, 6.07) is 19.2. The van der Waals surface area contributed by atoms with Gasteiger partial charge in [-0.25, -0.2) is 0 Å². The minimum Gasteiger partial charge on any atom is -0.507 e. The number of pyridine rings is 1. The number of piperidine rings is 1. The first-order valence-electron chi connectivity index (χ1n) is 9.86. The Morgan fingerprint density at radius 1 is 1.14 bits per heavy atom. The van der Waals surface area contributed by atoms with Crippen molar-refractivity contribution in [3.05, 3.63) is 77.5 Å². The van der Waals surface area contributed by atoms with Gasteiger partial charge < -0.3 is 15.2 Å². The van der Waals surface area contributed by atoms with E-state index >= 15 is 0 Å². The first-order chi connectivity index (χ1) is 14.3. The molecule has 4 rings (SSSR count). The Bertz CT molecular complexity index is 1020. The van der Waals surface area contributed by atoms with Crippen LogP contribution in [0.25, 0.3) is 11.3 Å². The van der Waals surface area contributed by atoms with Crippen LogP contribution in [0, 0.1) is 11.3 Å². The van der Waals surface area contributed by atoms with Crippen molar-refractivity contribution in [1.82, 2.24) is 10.3 Å². The van der Waals surface area contributed by atoms with Gasteiger partial charge in [0, 0.05) is 12.7 Å². The predicted octanol–water partition coefficient (Wildman–Crippen LogP) is 4.37. The molecule has 3 aromatic rings. The summed E-state index contributed by atoms with van der Waals surface area (Å²) in [5, 5.41) is 24.0. The van der Waals surface area contributed by atoms with E-state index in [-0.39, 0.29) is 11.7 Å². The second kappa shape index (κ2) is 8.76. The lowest BCUT2D eigenvalue weighted by Crippen LogP contribution is -2.28. The fraction of sp³-hybridized carbons (Fsp3) is 0.250. The van der Waals surface area contributed by atoms with Gasteiger partial charge in [-0.2, -0.15) is 5.26 Å². The van der Waals surface area contributed by atoms with Gasteiger partial charge in [0.15, 0.2) is 0 Å². The van der Waals surface area contributed by atoms with Crippen molar-refractivity contribution in [2.75, 3.05) is 13.1 Å². The highest BCUT2D eigenvalue weighted by atomic mass is 16.5. The van der Waals surface area contributed by atoms with Crippen LogP contribution in [0.2, 0.25) is 0 Å². The first-order valence-corrected chi connectivity index (χ1v) is 9.86. The highest BCUT2D eigenvalue weighted by Crippen LogP contribution is 2.40. The quantitative estimate of drug-likeness (QED) is 0.682. The van der Waals surface area contributed by atoms with Crippen LogP contribution in [-0.4, -0.2) is 23.2 Å². The van der Waals surface area contributed by atoms with Gasteiger partial charge in [0.25, 0.3) is 0 Å². The largest absolute Gasteiger partial charge is 0.507 e. The van der Waals surface area contributed by atoms with Crippen molar-refractivity contribution in [1.29, 1.82) is 5.26 Å².